The van der Waals surface area contributed by atoms with Gasteiger partial charge >= 0.3 is 0 Å². The molecule has 0 aliphatic heterocycles. The largest absolute Gasteiger partial charge is 0.0725 e. The van der Waals surface area contributed by atoms with Crippen LogP contribution in [0.2, 0.25) is 0 Å². The predicted octanol–water partition coefficient (Wildman–Crippen LogP) is 27.3. The highest BCUT2D eigenvalue weighted by Crippen LogP contribution is 2.68. The first-order valence-corrected chi connectivity index (χ1v) is 36.7. The van der Waals surface area contributed by atoms with Gasteiger partial charge < -0.3 is 0 Å². The fourth-order valence-corrected chi connectivity index (χ4v) is 17.4. The zero-order valence-electron chi connectivity index (χ0n) is 61.0. The molecule has 17 rings (SSSR count). The molecule has 0 amide bonds. The van der Waals surface area contributed by atoms with Crippen LogP contribution < -0.4 is 0 Å². The maximum absolute atomic E-state index is 2.57. The first-order valence-electron chi connectivity index (χ1n) is 36.7. The van der Waals surface area contributed by atoms with Crippen molar-refractivity contribution in [2.24, 2.45) is 0 Å². The van der Waals surface area contributed by atoms with Crippen molar-refractivity contribution in [1.82, 2.24) is 0 Å². The van der Waals surface area contributed by atoms with Crippen LogP contribution in [0.15, 0.2) is 315 Å². The van der Waals surface area contributed by atoms with Crippen LogP contribution in [0, 0.1) is 0 Å². The van der Waals surface area contributed by atoms with Gasteiger partial charge in [-0.05, 0) is 254 Å². The number of rotatable bonds is 9. The van der Waals surface area contributed by atoms with E-state index >= 15 is 0 Å². The zero-order chi connectivity index (χ0) is 70.2. The SMILES string of the molecule is CC(C)(C)c1ccc(-c2cc(-c3ccc(C(C)(C)C)cc3)cc(-c3cccc(C4(c5cccc(-c6cc(-c7ccc(C(C)(C)C)cc7)cc(-c7ccc(C(C)(C)C)cc7)c6)c5)c5cc(-c6ccccc6)ccc5-c5c4ccc4c5-c5ccccc5C45c4ccccc4-c4ccccc45)c3)c2)cc1. The Hall–Kier alpha value is -10.9. The maximum atomic E-state index is 2.57. The summed E-state index contributed by atoms with van der Waals surface area (Å²) in [5, 5.41) is 0. The lowest BCUT2D eigenvalue weighted by atomic mass is 9.66. The minimum absolute atomic E-state index is 0.0264. The molecule has 496 valence electrons. The van der Waals surface area contributed by atoms with E-state index < -0.39 is 10.8 Å². The van der Waals surface area contributed by atoms with E-state index in [1.165, 1.54) is 167 Å². The molecule has 1 spiro atoms. The summed E-state index contributed by atoms with van der Waals surface area (Å²) >= 11 is 0. The lowest BCUT2D eigenvalue weighted by molar-refractivity contribution is 0.590. The Balaban J connectivity index is 0.952. The summed E-state index contributed by atoms with van der Waals surface area (Å²) in [6.07, 6.45) is 0. The highest BCUT2D eigenvalue weighted by Gasteiger charge is 2.55. The third-order valence-electron chi connectivity index (χ3n) is 22.8. The minimum Gasteiger partial charge on any atom is -0.0622 e. The van der Waals surface area contributed by atoms with E-state index in [-0.39, 0.29) is 21.7 Å². The van der Waals surface area contributed by atoms with Gasteiger partial charge in [-0.3, -0.25) is 0 Å². The molecule has 0 unspecified atom stereocenters. The van der Waals surface area contributed by atoms with Crippen molar-refractivity contribution in [2.45, 2.75) is 116 Å². The molecule has 0 saturated heterocycles. The molecule has 102 heavy (non-hydrogen) atoms. The van der Waals surface area contributed by atoms with Crippen molar-refractivity contribution in [3.05, 3.63) is 382 Å². The molecule has 0 fully saturated rings. The van der Waals surface area contributed by atoms with Crippen LogP contribution in [0.1, 0.15) is 150 Å². The number of fused-ring (bicyclic) bond motifs is 14. The van der Waals surface area contributed by atoms with E-state index in [0.29, 0.717) is 0 Å². The molecule has 0 N–H and O–H groups in total. The average Bonchev–Trinajstić information content (AvgIpc) is 1.49. The quantitative estimate of drug-likeness (QED) is 0.135. The standard InChI is InChI=1S/C102H88/c1-97(2,3)79-45-36-66(37-46-79)73-56-74(67-38-47-80(48-39-67)98(4,5)6)59-77(58-73)70-26-22-28-83(62-70)101(84-29-23-27-71(63-84)78-60-75(68-40-49-81(50-41-68)99(7,8)9)57-76(61-78)69-42-51-82(52-43-69)100(10,11)12)92-54-55-93-95(96(92)88-53-44-72(64-94(88)101)65-24-14-13-15-25-65)87-32-18-21-35-91(87)102(93)89-33-19-16-30-85(89)86-31-17-20-34-90(86)102/h13-64H,1-12H3. The fraction of sp³-hybridized carbons (Fsp3) is 0.176. The van der Waals surface area contributed by atoms with Gasteiger partial charge in [-0.25, -0.2) is 0 Å². The van der Waals surface area contributed by atoms with Crippen LogP contribution in [0.5, 0.6) is 0 Å². The molecule has 0 bridgehead atoms. The Morgan fingerprint density at radius 2 is 0.441 bits per heavy atom. The third-order valence-corrected chi connectivity index (χ3v) is 22.8. The molecule has 0 heterocycles. The van der Waals surface area contributed by atoms with Crippen molar-refractivity contribution in [1.29, 1.82) is 0 Å². The first-order chi connectivity index (χ1) is 49.0. The summed E-state index contributed by atoms with van der Waals surface area (Å²) < 4.78 is 0. The molecule has 0 radical (unpaired) electrons. The highest BCUT2D eigenvalue weighted by molar-refractivity contribution is 6.05. The normalized spacial score (nSPS) is 13.8. The van der Waals surface area contributed by atoms with E-state index in [0.717, 1.165) is 11.1 Å². The predicted molar refractivity (Wildman–Crippen MR) is 433 cm³/mol. The van der Waals surface area contributed by atoms with Crippen LogP contribution in [-0.4, -0.2) is 0 Å². The zero-order valence-corrected chi connectivity index (χ0v) is 61.0. The lowest BCUT2D eigenvalue weighted by Gasteiger charge is -2.35. The number of hydrogen-bond donors (Lipinski definition) is 0. The van der Waals surface area contributed by atoms with Gasteiger partial charge in [0.25, 0.3) is 0 Å². The molecule has 0 atom stereocenters. The summed E-state index contributed by atoms with van der Waals surface area (Å²) in [6, 6.07) is 123. The molecule has 14 aromatic carbocycles. The average molecular weight is 1310 g/mol. The molecule has 14 aromatic rings. The van der Waals surface area contributed by atoms with Gasteiger partial charge in [0, 0.05) is 0 Å². The van der Waals surface area contributed by atoms with Crippen LogP contribution in [0.4, 0.5) is 0 Å². The molecule has 3 aliphatic carbocycles. The second-order valence-corrected chi connectivity index (χ2v) is 33.2. The van der Waals surface area contributed by atoms with Crippen molar-refractivity contribution in [3.63, 3.8) is 0 Å². The van der Waals surface area contributed by atoms with Gasteiger partial charge in [0.15, 0.2) is 0 Å². The van der Waals surface area contributed by atoms with E-state index in [1.807, 2.05) is 0 Å². The number of benzene rings is 14. The Labute approximate surface area is 605 Å². The summed E-state index contributed by atoms with van der Waals surface area (Å²) in [4.78, 5) is 0. The van der Waals surface area contributed by atoms with E-state index in [9.17, 15) is 0 Å². The lowest BCUT2D eigenvalue weighted by Crippen LogP contribution is -2.29. The second-order valence-electron chi connectivity index (χ2n) is 33.2. The van der Waals surface area contributed by atoms with Crippen molar-refractivity contribution in [2.75, 3.05) is 0 Å². The monoisotopic (exact) mass is 1310 g/mol. The van der Waals surface area contributed by atoms with Crippen LogP contribution >= 0.6 is 0 Å². The topological polar surface area (TPSA) is 0 Å². The van der Waals surface area contributed by atoms with Crippen LogP contribution in [-0.2, 0) is 32.5 Å². The first kappa shape index (κ1) is 64.5. The Morgan fingerprint density at radius 1 is 0.167 bits per heavy atom. The molecule has 0 aromatic heterocycles. The van der Waals surface area contributed by atoms with Gasteiger partial charge in [0.1, 0.15) is 0 Å². The maximum Gasteiger partial charge on any atom is 0.0725 e. The van der Waals surface area contributed by atoms with Gasteiger partial charge in [0.2, 0.25) is 0 Å². The van der Waals surface area contributed by atoms with E-state index in [4.69, 9.17) is 0 Å². The second kappa shape index (κ2) is 23.9. The summed E-state index contributed by atoms with van der Waals surface area (Å²) in [5.41, 5.74) is 38.7. The molecule has 0 saturated carbocycles. The Kier molecular flexibility index (Phi) is 15.1. The Bertz CT molecular complexity index is 5200. The van der Waals surface area contributed by atoms with Gasteiger partial charge in [-0.2, -0.15) is 0 Å². The molecular weight excluding hydrogens is 1230 g/mol. The summed E-state index contributed by atoms with van der Waals surface area (Å²) in [7, 11) is 0. The van der Waals surface area contributed by atoms with E-state index in [2.05, 4.69) is 399 Å². The van der Waals surface area contributed by atoms with Crippen LogP contribution in [0.25, 0.3) is 111 Å². The Morgan fingerprint density at radius 3 is 0.814 bits per heavy atom. The van der Waals surface area contributed by atoms with Crippen molar-refractivity contribution < 1.29 is 0 Å². The summed E-state index contributed by atoms with van der Waals surface area (Å²) in [5.74, 6) is 0. The van der Waals surface area contributed by atoms with Crippen molar-refractivity contribution in [3.8, 4) is 111 Å². The van der Waals surface area contributed by atoms with Gasteiger partial charge in [-0.15, -0.1) is 0 Å². The molecule has 0 heteroatoms. The molecule has 0 nitrogen and oxygen atoms in total. The number of hydrogen-bond acceptors (Lipinski definition) is 0. The fourth-order valence-electron chi connectivity index (χ4n) is 17.4. The minimum atomic E-state index is -0.856. The third kappa shape index (κ3) is 10.5. The van der Waals surface area contributed by atoms with Gasteiger partial charge in [0.05, 0.1) is 10.8 Å². The summed E-state index contributed by atoms with van der Waals surface area (Å²) in [6.45, 7) is 27.6. The smallest absolute Gasteiger partial charge is 0.0622 e. The highest BCUT2D eigenvalue weighted by atomic mass is 14.6. The van der Waals surface area contributed by atoms with Crippen molar-refractivity contribution >= 4 is 0 Å². The van der Waals surface area contributed by atoms with Crippen LogP contribution in [0.3, 0.4) is 0 Å². The van der Waals surface area contributed by atoms with Gasteiger partial charge in [-0.1, -0.05) is 344 Å². The molecular formula is C102H88. The van der Waals surface area contributed by atoms with E-state index in [1.54, 1.807) is 0 Å². The molecule has 3 aliphatic rings.